The van der Waals surface area contributed by atoms with E-state index in [1.807, 2.05) is 24.3 Å². The lowest BCUT2D eigenvalue weighted by Gasteiger charge is -2.21. The first kappa shape index (κ1) is 13.6. The summed E-state index contributed by atoms with van der Waals surface area (Å²) < 4.78 is 0. The van der Waals surface area contributed by atoms with Gasteiger partial charge in [0.1, 0.15) is 6.04 Å². The van der Waals surface area contributed by atoms with Crippen LogP contribution < -0.4 is 0 Å². The molecule has 0 radical (unpaired) electrons. The van der Waals surface area contributed by atoms with E-state index in [1.54, 1.807) is 0 Å². The molecule has 1 heterocycles. The summed E-state index contributed by atoms with van der Waals surface area (Å²) in [7, 11) is 0. The normalized spacial score (nSPS) is 18.6. The van der Waals surface area contributed by atoms with Crippen LogP contribution in [0.4, 0.5) is 0 Å². The number of rotatable bonds is 4. The van der Waals surface area contributed by atoms with Gasteiger partial charge < -0.3 is 10.0 Å². The first-order valence-corrected chi connectivity index (χ1v) is 6.72. The molecule has 1 amide bonds. The Morgan fingerprint density at radius 1 is 1.26 bits per heavy atom. The van der Waals surface area contributed by atoms with Crippen LogP contribution in [0, 0.1) is 0 Å². The van der Waals surface area contributed by atoms with Crippen LogP contribution in [0.25, 0.3) is 0 Å². The minimum absolute atomic E-state index is 0.0888. The Morgan fingerprint density at radius 2 is 1.89 bits per heavy atom. The third kappa shape index (κ3) is 3.13. The average molecular weight is 261 g/mol. The molecule has 1 aliphatic heterocycles. The highest BCUT2D eigenvalue weighted by molar-refractivity contribution is 5.85. The Hall–Kier alpha value is -1.84. The van der Waals surface area contributed by atoms with Gasteiger partial charge >= 0.3 is 5.97 Å². The predicted molar refractivity (Wildman–Crippen MR) is 71.9 cm³/mol. The van der Waals surface area contributed by atoms with Crippen molar-refractivity contribution in [1.29, 1.82) is 0 Å². The van der Waals surface area contributed by atoms with E-state index >= 15 is 0 Å². The Kier molecular flexibility index (Phi) is 4.20. The molecule has 1 aromatic carbocycles. The van der Waals surface area contributed by atoms with E-state index in [-0.39, 0.29) is 12.3 Å². The van der Waals surface area contributed by atoms with Crippen molar-refractivity contribution in [3.8, 4) is 0 Å². The second-order valence-corrected chi connectivity index (χ2v) is 4.93. The lowest BCUT2D eigenvalue weighted by atomic mass is 10.1. The van der Waals surface area contributed by atoms with Crippen LogP contribution in [0.3, 0.4) is 0 Å². The summed E-state index contributed by atoms with van der Waals surface area (Å²) >= 11 is 0. The van der Waals surface area contributed by atoms with E-state index in [1.165, 1.54) is 10.5 Å². The van der Waals surface area contributed by atoms with Crippen molar-refractivity contribution in [2.75, 3.05) is 6.54 Å². The molecule has 0 spiro atoms. The van der Waals surface area contributed by atoms with Crippen LogP contribution in [0.15, 0.2) is 24.3 Å². The first-order valence-electron chi connectivity index (χ1n) is 6.72. The number of carboxylic acids is 1. The number of likely N-dealkylation sites (tertiary alicyclic amines) is 1. The summed E-state index contributed by atoms with van der Waals surface area (Å²) in [5.74, 6) is -0.985. The zero-order valence-corrected chi connectivity index (χ0v) is 11.1. The molecule has 19 heavy (non-hydrogen) atoms. The van der Waals surface area contributed by atoms with Gasteiger partial charge in [0.2, 0.25) is 5.91 Å². The van der Waals surface area contributed by atoms with E-state index in [0.29, 0.717) is 13.0 Å². The van der Waals surface area contributed by atoms with Crippen molar-refractivity contribution in [3.05, 3.63) is 35.4 Å². The number of aliphatic carboxylic acids is 1. The molecule has 1 saturated heterocycles. The number of carboxylic acid groups (broad SMARTS) is 1. The van der Waals surface area contributed by atoms with Gasteiger partial charge in [-0.3, -0.25) is 4.79 Å². The third-order valence-electron chi connectivity index (χ3n) is 3.64. The molecular formula is C15H19NO3. The molecule has 0 aromatic heterocycles. The van der Waals surface area contributed by atoms with Crippen molar-refractivity contribution in [1.82, 2.24) is 4.90 Å². The standard InChI is InChI=1S/C15H19NO3/c1-2-11-5-7-12(8-6-11)10-14(17)16-9-3-4-13(16)15(18)19/h5-8,13H,2-4,9-10H2,1H3,(H,18,19)/t13-/m1/s1. The van der Waals surface area contributed by atoms with Gasteiger partial charge in [-0.15, -0.1) is 0 Å². The Bertz CT molecular complexity index is 467. The fourth-order valence-corrected chi connectivity index (χ4v) is 2.49. The molecule has 0 saturated carbocycles. The molecule has 4 heteroatoms. The Balaban J connectivity index is 2.01. The number of nitrogens with zero attached hydrogens (tertiary/aromatic N) is 1. The van der Waals surface area contributed by atoms with Crippen molar-refractivity contribution in [2.45, 2.75) is 38.6 Å². The van der Waals surface area contributed by atoms with Gasteiger partial charge in [-0.1, -0.05) is 31.2 Å². The molecule has 1 fully saturated rings. The van der Waals surface area contributed by atoms with E-state index in [2.05, 4.69) is 6.92 Å². The zero-order chi connectivity index (χ0) is 13.8. The molecule has 1 aliphatic rings. The lowest BCUT2D eigenvalue weighted by molar-refractivity contribution is -0.148. The van der Waals surface area contributed by atoms with Crippen LogP contribution in [0.2, 0.25) is 0 Å². The number of carbonyl (C=O) groups is 2. The highest BCUT2D eigenvalue weighted by Gasteiger charge is 2.33. The molecular weight excluding hydrogens is 242 g/mol. The van der Waals surface area contributed by atoms with Crippen LogP contribution >= 0.6 is 0 Å². The van der Waals surface area contributed by atoms with Crippen LogP contribution in [0.1, 0.15) is 30.9 Å². The topological polar surface area (TPSA) is 57.6 Å². The van der Waals surface area contributed by atoms with Gasteiger partial charge in [-0.25, -0.2) is 4.79 Å². The third-order valence-corrected chi connectivity index (χ3v) is 3.64. The van der Waals surface area contributed by atoms with E-state index < -0.39 is 12.0 Å². The number of aryl methyl sites for hydroxylation is 1. The summed E-state index contributed by atoms with van der Waals surface area (Å²) in [6, 6.07) is 7.29. The van der Waals surface area contributed by atoms with Gasteiger partial charge in [0, 0.05) is 6.54 Å². The predicted octanol–water partition coefficient (Wildman–Crippen LogP) is 1.87. The first-order chi connectivity index (χ1) is 9.11. The summed E-state index contributed by atoms with van der Waals surface area (Å²) in [5.41, 5.74) is 2.18. The second-order valence-electron chi connectivity index (χ2n) is 4.93. The van der Waals surface area contributed by atoms with Crippen molar-refractivity contribution >= 4 is 11.9 Å². The van der Waals surface area contributed by atoms with Crippen LogP contribution in [0.5, 0.6) is 0 Å². The highest BCUT2D eigenvalue weighted by atomic mass is 16.4. The average Bonchev–Trinajstić information content (AvgIpc) is 2.89. The number of hydrogen-bond donors (Lipinski definition) is 1. The fraction of sp³-hybridized carbons (Fsp3) is 0.467. The molecule has 102 valence electrons. The zero-order valence-electron chi connectivity index (χ0n) is 11.1. The Labute approximate surface area is 113 Å². The number of hydrogen-bond acceptors (Lipinski definition) is 2. The maximum absolute atomic E-state index is 12.1. The van der Waals surface area contributed by atoms with Crippen LogP contribution in [-0.4, -0.2) is 34.5 Å². The monoisotopic (exact) mass is 261 g/mol. The SMILES string of the molecule is CCc1ccc(CC(=O)N2CCC[C@@H]2C(=O)O)cc1. The van der Waals surface area contributed by atoms with E-state index in [9.17, 15) is 9.59 Å². The van der Waals surface area contributed by atoms with Gasteiger partial charge in [-0.05, 0) is 30.4 Å². The van der Waals surface area contributed by atoms with Crippen molar-refractivity contribution < 1.29 is 14.7 Å². The largest absolute Gasteiger partial charge is 0.480 e. The van der Waals surface area contributed by atoms with Gasteiger partial charge in [0.15, 0.2) is 0 Å². The molecule has 1 atom stereocenters. The maximum Gasteiger partial charge on any atom is 0.326 e. The summed E-state index contributed by atoms with van der Waals surface area (Å²) in [4.78, 5) is 24.7. The van der Waals surface area contributed by atoms with Crippen molar-refractivity contribution in [2.24, 2.45) is 0 Å². The van der Waals surface area contributed by atoms with Gasteiger partial charge in [0.25, 0.3) is 0 Å². The van der Waals surface area contributed by atoms with Gasteiger partial charge in [-0.2, -0.15) is 0 Å². The molecule has 0 unspecified atom stereocenters. The maximum atomic E-state index is 12.1. The molecule has 2 rings (SSSR count). The van der Waals surface area contributed by atoms with E-state index in [4.69, 9.17) is 5.11 Å². The number of carbonyl (C=O) groups excluding carboxylic acids is 1. The van der Waals surface area contributed by atoms with Crippen LogP contribution in [-0.2, 0) is 22.4 Å². The quantitative estimate of drug-likeness (QED) is 0.900. The molecule has 4 nitrogen and oxygen atoms in total. The summed E-state index contributed by atoms with van der Waals surface area (Å²) in [6.07, 6.45) is 2.60. The lowest BCUT2D eigenvalue weighted by Crippen LogP contribution is -2.41. The van der Waals surface area contributed by atoms with Crippen molar-refractivity contribution in [3.63, 3.8) is 0 Å². The molecule has 0 bridgehead atoms. The smallest absolute Gasteiger partial charge is 0.326 e. The minimum atomic E-state index is -0.896. The fourth-order valence-electron chi connectivity index (χ4n) is 2.49. The molecule has 0 aliphatic carbocycles. The van der Waals surface area contributed by atoms with E-state index in [0.717, 1.165) is 18.4 Å². The summed E-state index contributed by atoms with van der Waals surface area (Å²) in [5, 5.41) is 9.07. The highest BCUT2D eigenvalue weighted by Crippen LogP contribution is 2.19. The number of amides is 1. The van der Waals surface area contributed by atoms with Gasteiger partial charge in [0.05, 0.1) is 6.42 Å². The summed E-state index contributed by atoms with van der Waals surface area (Å²) in [6.45, 7) is 2.64. The second kappa shape index (κ2) is 5.87. The Morgan fingerprint density at radius 3 is 2.47 bits per heavy atom. The number of benzene rings is 1. The molecule has 1 N–H and O–H groups in total. The minimum Gasteiger partial charge on any atom is -0.480 e. The molecule has 1 aromatic rings.